The molecule has 3 rings (SSSR count). The van der Waals surface area contributed by atoms with Crippen LogP contribution in [0.4, 0.5) is 0 Å². The van der Waals surface area contributed by atoms with Crippen molar-refractivity contribution in [2.24, 2.45) is 5.10 Å². The molecule has 0 spiro atoms. The number of aryl methyl sites for hydroxylation is 1. The molecule has 0 saturated carbocycles. The van der Waals surface area contributed by atoms with Crippen LogP contribution in [0.15, 0.2) is 65.8 Å². The minimum atomic E-state index is -0.208. The number of benzene rings is 2. The minimum Gasteiger partial charge on any atom is -0.318 e. The summed E-state index contributed by atoms with van der Waals surface area (Å²) in [5.74, 6) is 0.288. The van der Waals surface area contributed by atoms with Gasteiger partial charge in [0, 0.05) is 17.1 Å². The van der Waals surface area contributed by atoms with Crippen molar-refractivity contribution in [2.45, 2.75) is 33.6 Å². The van der Waals surface area contributed by atoms with Crippen molar-refractivity contribution in [3.63, 3.8) is 0 Å². The summed E-state index contributed by atoms with van der Waals surface area (Å²) in [5.41, 5.74) is 8.45. The van der Waals surface area contributed by atoms with E-state index in [-0.39, 0.29) is 5.91 Å². The monoisotopic (exact) mass is 359 g/mol. The van der Waals surface area contributed by atoms with Crippen LogP contribution in [0.3, 0.4) is 0 Å². The third-order valence-corrected chi connectivity index (χ3v) is 4.67. The van der Waals surface area contributed by atoms with Crippen molar-refractivity contribution >= 4 is 12.1 Å². The average molecular weight is 359 g/mol. The molecule has 1 N–H and O–H groups in total. The number of nitrogens with one attached hydrogen (secondary N) is 1. The Bertz CT molecular complexity index is 951. The van der Waals surface area contributed by atoms with Crippen LogP contribution in [0.5, 0.6) is 0 Å². The van der Waals surface area contributed by atoms with Gasteiger partial charge in [0.2, 0.25) is 0 Å². The SMILES string of the molecule is Cc1cc(C(=O)N/N=C\c2ccc(C(C)C)cc2)c(C)n1-c1ccccc1. The molecule has 4 heteroatoms. The van der Waals surface area contributed by atoms with Crippen molar-refractivity contribution in [1.82, 2.24) is 9.99 Å². The normalized spacial score (nSPS) is 11.3. The second kappa shape index (κ2) is 8.04. The first kappa shape index (κ1) is 18.6. The molecular formula is C23H25N3O. The fourth-order valence-electron chi connectivity index (χ4n) is 3.16. The molecule has 0 atom stereocenters. The first-order valence-electron chi connectivity index (χ1n) is 9.15. The molecule has 0 fully saturated rings. The van der Waals surface area contributed by atoms with E-state index in [4.69, 9.17) is 0 Å². The van der Waals surface area contributed by atoms with Gasteiger partial charge in [-0.1, -0.05) is 56.3 Å². The molecule has 2 aromatic carbocycles. The van der Waals surface area contributed by atoms with E-state index in [0.717, 1.165) is 22.6 Å². The smallest absolute Gasteiger partial charge is 0.273 e. The number of hydrazone groups is 1. The van der Waals surface area contributed by atoms with Crippen LogP contribution in [0, 0.1) is 13.8 Å². The largest absolute Gasteiger partial charge is 0.318 e. The predicted molar refractivity (Wildman–Crippen MR) is 111 cm³/mol. The zero-order valence-corrected chi connectivity index (χ0v) is 16.2. The third kappa shape index (κ3) is 4.17. The first-order valence-corrected chi connectivity index (χ1v) is 9.15. The quantitative estimate of drug-likeness (QED) is 0.507. The Labute approximate surface area is 160 Å². The van der Waals surface area contributed by atoms with Gasteiger partial charge in [-0.3, -0.25) is 4.79 Å². The maximum atomic E-state index is 12.6. The van der Waals surface area contributed by atoms with Gasteiger partial charge in [-0.05, 0) is 49.1 Å². The molecule has 1 heterocycles. The van der Waals surface area contributed by atoms with Crippen LogP contribution in [-0.2, 0) is 0 Å². The first-order chi connectivity index (χ1) is 13.0. The molecule has 3 aromatic rings. The van der Waals surface area contributed by atoms with Gasteiger partial charge in [-0.15, -0.1) is 0 Å². The summed E-state index contributed by atoms with van der Waals surface area (Å²) < 4.78 is 2.07. The van der Waals surface area contributed by atoms with Crippen LogP contribution in [0.1, 0.15) is 52.6 Å². The number of hydrogen-bond acceptors (Lipinski definition) is 2. The Kier molecular flexibility index (Phi) is 5.55. The van der Waals surface area contributed by atoms with Crippen LogP contribution >= 0.6 is 0 Å². The zero-order chi connectivity index (χ0) is 19.4. The summed E-state index contributed by atoms with van der Waals surface area (Å²) >= 11 is 0. The number of aromatic nitrogens is 1. The Hall–Kier alpha value is -3.14. The van der Waals surface area contributed by atoms with Crippen molar-refractivity contribution in [1.29, 1.82) is 0 Å². The maximum Gasteiger partial charge on any atom is 0.273 e. The van der Waals surface area contributed by atoms with Gasteiger partial charge in [0.15, 0.2) is 0 Å². The molecule has 0 bridgehead atoms. The van der Waals surface area contributed by atoms with Gasteiger partial charge in [-0.2, -0.15) is 5.10 Å². The zero-order valence-electron chi connectivity index (χ0n) is 16.2. The Morgan fingerprint density at radius 3 is 2.33 bits per heavy atom. The second-order valence-electron chi connectivity index (χ2n) is 6.98. The molecular weight excluding hydrogens is 334 g/mol. The van der Waals surface area contributed by atoms with Gasteiger partial charge in [0.1, 0.15) is 0 Å². The van der Waals surface area contributed by atoms with E-state index in [1.165, 1.54) is 5.56 Å². The lowest BCUT2D eigenvalue weighted by Gasteiger charge is -2.09. The molecule has 1 amide bonds. The van der Waals surface area contributed by atoms with E-state index in [0.29, 0.717) is 11.5 Å². The summed E-state index contributed by atoms with van der Waals surface area (Å²) in [6.45, 7) is 8.27. The number of rotatable bonds is 5. The number of hydrogen-bond donors (Lipinski definition) is 1. The highest BCUT2D eigenvalue weighted by molar-refractivity contribution is 5.96. The van der Waals surface area contributed by atoms with Crippen molar-refractivity contribution in [2.75, 3.05) is 0 Å². The summed E-state index contributed by atoms with van der Waals surface area (Å²) in [4.78, 5) is 12.6. The van der Waals surface area contributed by atoms with Crippen molar-refractivity contribution < 1.29 is 4.79 Å². The lowest BCUT2D eigenvalue weighted by Crippen LogP contribution is -2.18. The van der Waals surface area contributed by atoms with Crippen LogP contribution in [0.25, 0.3) is 5.69 Å². The van der Waals surface area contributed by atoms with Crippen LogP contribution in [-0.4, -0.2) is 16.7 Å². The van der Waals surface area contributed by atoms with Gasteiger partial charge in [0.05, 0.1) is 11.8 Å². The summed E-state index contributed by atoms with van der Waals surface area (Å²) in [5, 5.41) is 4.11. The summed E-state index contributed by atoms with van der Waals surface area (Å²) in [6, 6.07) is 20.1. The van der Waals surface area contributed by atoms with Gasteiger partial charge < -0.3 is 4.57 Å². The summed E-state index contributed by atoms with van der Waals surface area (Å²) in [7, 11) is 0. The molecule has 0 unspecified atom stereocenters. The molecule has 0 aliphatic rings. The van der Waals surface area contributed by atoms with Crippen molar-refractivity contribution in [3.8, 4) is 5.69 Å². The topological polar surface area (TPSA) is 46.4 Å². The Morgan fingerprint density at radius 1 is 1.04 bits per heavy atom. The lowest BCUT2D eigenvalue weighted by atomic mass is 10.0. The average Bonchev–Trinajstić information content (AvgIpc) is 2.97. The van der Waals surface area contributed by atoms with Gasteiger partial charge >= 0.3 is 0 Å². The number of para-hydroxylation sites is 1. The molecule has 0 radical (unpaired) electrons. The predicted octanol–water partition coefficient (Wildman–Crippen LogP) is 4.98. The van der Waals surface area contributed by atoms with E-state index < -0.39 is 0 Å². The number of amides is 1. The van der Waals surface area contributed by atoms with Gasteiger partial charge in [0.25, 0.3) is 5.91 Å². The van der Waals surface area contributed by atoms with E-state index in [9.17, 15) is 4.79 Å². The van der Waals surface area contributed by atoms with E-state index in [1.54, 1.807) is 6.21 Å². The molecule has 0 saturated heterocycles. The molecule has 138 valence electrons. The summed E-state index contributed by atoms with van der Waals surface area (Å²) in [6.07, 6.45) is 1.67. The number of nitrogens with zero attached hydrogens (tertiary/aromatic N) is 2. The minimum absolute atomic E-state index is 0.208. The van der Waals surface area contributed by atoms with E-state index in [2.05, 4.69) is 41.1 Å². The highest BCUT2D eigenvalue weighted by Crippen LogP contribution is 2.20. The fourth-order valence-corrected chi connectivity index (χ4v) is 3.16. The third-order valence-electron chi connectivity index (χ3n) is 4.67. The molecule has 27 heavy (non-hydrogen) atoms. The van der Waals surface area contributed by atoms with Crippen molar-refractivity contribution in [3.05, 3.63) is 88.7 Å². The highest BCUT2D eigenvalue weighted by Gasteiger charge is 2.16. The molecule has 0 aliphatic carbocycles. The lowest BCUT2D eigenvalue weighted by molar-refractivity contribution is 0.0954. The molecule has 1 aromatic heterocycles. The maximum absolute atomic E-state index is 12.6. The van der Waals surface area contributed by atoms with E-state index >= 15 is 0 Å². The standard InChI is InChI=1S/C23H25N3O/c1-16(2)20-12-10-19(11-13-20)15-24-25-23(27)22-14-17(3)26(18(22)4)21-8-6-5-7-9-21/h5-16H,1-4H3,(H,25,27)/b24-15-. The number of carbonyl (C=O) groups excluding carboxylic acids is 1. The second-order valence-corrected chi connectivity index (χ2v) is 6.98. The van der Waals surface area contributed by atoms with Gasteiger partial charge in [-0.25, -0.2) is 5.43 Å². The fraction of sp³-hybridized carbons (Fsp3) is 0.217. The number of carbonyl (C=O) groups is 1. The molecule has 4 nitrogen and oxygen atoms in total. The highest BCUT2D eigenvalue weighted by atomic mass is 16.2. The van der Waals surface area contributed by atoms with Crippen LogP contribution < -0.4 is 5.43 Å². The molecule has 0 aliphatic heterocycles. The Morgan fingerprint density at radius 2 is 1.70 bits per heavy atom. The van der Waals surface area contributed by atoms with E-state index in [1.807, 2.05) is 62.4 Å². The van der Waals surface area contributed by atoms with Crippen LogP contribution in [0.2, 0.25) is 0 Å². The Balaban J connectivity index is 1.73.